The van der Waals surface area contributed by atoms with Crippen LogP contribution in [0.25, 0.3) is 0 Å². The molecule has 1 aliphatic heterocycles. The molecule has 2 unspecified atom stereocenters. The van der Waals surface area contributed by atoms with Crippen molar-refractivity contribution in [1.29, 1.82) is 0 Å². The van der Waals surface area contributed by atoms with Crippen LogP contribution in [0.4, 0.5) is 0 Å². The van der Waals surface area contributed by atoms with Crippen molar-refractivity contribution in [2.75, 3.05) is 0 Å². The van der Waals surface area contributed by atoms with Crippen LogP contribution >= 0.6 is 11.3 Å². The van der Waals surface area contributed by atoms with Crippen LogP contribution in [0.2, 0.25) is 0 Å². The Balaban J connectivity index is 2.27. The number of rotatable bonds is 4. The van der Waals surface area contributed by atoms with Gasteiger partial charge in [-0.3, -0.25) is 9.59 Å². The number of thiazole rings is 1. The molecule has 1 fully saturated rings. The first-order valence-electron chi connectivity index (χ1n) is 6.96. The van der Waals surface area contributed by atoms with E-state index in [2.05, 4.69) is 10.3 Å². The average Bonchev–Trinajstić information content (AvgIpc) is 2.78. The molecule has 0 aliphatic carbocycles. The second-order valence-electron chi connectivity index (χ2n) is 5.47. The zero-order valence-corrected chi connectivity index (χ0v) is 13.2. The van der Waals surface area contributed by atoms with Crippen molar-refractivity contribution in [3.05, 3.63) is 16.1 Å². The summed E-state index contributed by atoms with van der Waals surface area (Å²) < 4.78 is 0. The van der Waals surface area contributed by atoms with Crippen LogP contribution in [0, 0.1) is 12.8 Å². The fourth-order valence-electron chi connectivity index (χ4n) is 2.56. The number of aromatic nitrogens is 1. The third kappa shape index (κ3) is 2.85. The molecule has 2 amide bonds. The first kappa shape index (κ1) is 15.0. The molecular formula is C14H21N3O2S. The molecule has 1 aromatic rings. The van der Waals surface area contributed by atoms with Crippen molar-refractivity contribution in [1.82, 2.24) is 15.2 Å². The van der Waals surface area contributed by atoms with Crippen molar-refractivity contribution < 1.29 is 9.59 Å². The van der Waals surface area contributed by atoms with Crippen LogP contribution in [0.15, 0.2) is 6.20 Å². The van der Waals surface area contributed by atoms with E-state index in [1.807, 2.05) is 27.7 Å². The van der Waals surface area contributed by atoms with Gasteiger partial charge < -0.3 is 10.2 Å². The molecule has 110 valence electrons. The summed E-state index contributed by atoms with van der Waals surface area (Å²) in [6.45, 7) is 8.25. The van der Waals surface area contributed by atoms with E-state index < -0.39 is 12.1 Å². The summed E-state index contributed by atoms with van der Waals surface area (Å²) >= 11 is 1.57. The number of piperazine rings is 1. The quantitative estimate of drug-likeness (QED) is 0.920. The number of carbonyl (C=O) groups excluding carboxylic acids is 2. The van der Waals surface area contributed by atoms with E-state index >= 15 is 0 Å². The third-order valence-corrected chi connectivity index (χ3v) is 4.43. The van der Waals surface area contributed by atoms with E-state index in [0.717, 1.165) is 9.88 Å². The average molecular weight is 295 g/mol. The van der Waals surface area contributed by atoms with Crippen molar-refractivity contribution >= 4 is 23.2 Å². The van der Waals surface area contributed by atoms with Crippen molar-refractivity contribution in [2.24, 2.45) is 5.92 Å². The van der Waals surface area contributed by atoms with Crippen LogP contribution in [0.5, 0.6) is 0 Å². The standard InChI is InChI=1S/C14H21N3O2S/c1-5-11-14(19)17(7-10-6-15-9(4)20-10)12(8(2)3)13(18)16-11/h6,8,11-12H,5,7H2,1-4H3,(H,16,18). The van der Waals surface area contributed by atoms with E-state index in [0.29, 0.717) is 13.0 Å². The predicted octanol–water partition coefficient (Wildman–Crippen LogP) is 1.71. The highest BCUT2D eigenvalue weighted by Crippen LogP contribution is 2.23. The molecule has 1 aliphatic rings. The molecule has 1 saturated heterocycles. The zero-order valence-electron chi connectivity index (χ0n) is 12.3. The first-order valence-corrected chi connectivity index (χ1v) is 7.77. The Labute approximate surface area is 123 Å². The zero-order chi connectivity index (χ0) is 14.9. The van der Waals surface area contributed by atoms with Gasteiger partial charge in [-0.1, -0.05) is 20.8 Å². The van der Waals surface area contributed by atoms with Gasteiger partial charge in [0.1, 0.15) is 12.1 Å². The van der Waals surface area contributed by atoms with Crippen LogP contribution in [-0.4, -0.2) is 33.8 Å². The number of hydrogen-bond donors (Lipinski definition) is 1. The summed E-state index contributed by atoms with van der Waals surface area (Å²) in [5.41, 5.74) is 0. The third-order valence-electron chi connectivity index (χ3n) is 3.54. The molecule has 2 heterocycles. The topological polar surface area (TPSA) is 62.3 Å². The number of nitrogens with one attached hydrogen (secondary N) is 1. The van der Waals surface area contributed by atoms with E-state index in [1.165, 1.54) is 0 Å². The molecular weight excluding hydrogens is 274 g/mol. The minimum absolute atomic E-state index is 0.0110. The lowest BCUT2D eigenvalue weighted by Crippen LogP contribution is -2.64. The fourth-order valence-corrected chi connectivity index (χ4v) is 3.35. The fraction of sp³-hybridized carbons (Fsp3) is 0.643. The largest absolute Gasteiger partial charge is 0.343 e. The smallest absolute Gasteiger partial charge is 0.246 e. The maximum atomic E-state index is 12.5. The van der Waals surface area contributed by atoms with E-state index in [9.17, 15) is 9.59 Å². The Morgan fingerprint density at radius 1 is 1.45 bits per heavy atom. The molecule has 0 bridgehead atoms. The van der Waals surface area contributed by atoms with Crippen LogP contribution < -0.4 is 5.32 Å². The Morgan fingerprint density at radius 3 is 2.65 bits per heavy atom. The van der Waals surface area contributed by atoms with Crippen molar-refractivity contribution in [3.63, 3.8) is 0 Å². The lowest BCUT2D eigenvalue weighted by atomic mass is 9.96. The Bertz CT molecular complexity index is 512. The summed E-state index contributed by atoms with van der Waals surface area (Å²) in [5.74, 6) is 0.0512. The minimum atomic E-state index is -0.397. The minimum Gasteiger partial charge on any atom is -0.343 e. The molecule has 1 aromatic heterocycles. The number of nitrogens with zero attached hydrogens (tertiary/aromatic N) is 2. The number of amides is 2. The number of carbonyl (C=O) groups is 2. The Kier molecular flexibility index (Phi) is 4.42. The highest BCUT2D eigenvalue weighted by Gasteiger charge is 2.41. The lowest BCUT2D eigenvalue weighted by Gasteiger charge is -2.40. The molecule has 6 heteroatoms. The molecule has 0 spiro atoms. The molecule has 1 N–H and O–H groups in total. The van der Waals surface area contributed by atoms with Crippen molar-refractivity contribution in [3.8, 4) is 0 Å². The molecule has 20 heavy (non-hydrogen) atoms. The molecule has 0 saturated carbocycles. The SMILES string of the molecule is CCC1NC(=O)C(C(C)C)N(Cc2cnc(C)s2)C1=O. The van der Waals surface area contributed by atoms with E-state index in [4.69, 9.17) is 0 Å². The lowest BCUT2D eigenvalue weighted by molar-refractivity contribution is -0.152. The molecule has 2 atom stereocenters. The van der Waals surface area contributed by atoms with Gasteiger partial charge in [0.15, 0.2) is 0 Å². The summed E-state index contributed by atoms with van der Waals surface area (Å²) in [7, 11) is 0. The van der Waals surface area contributed by atoms with Gasteiger partial charge in [0, 0.05) is 11.1 Å². The predicted molar refractivity (Wildman–Crippen MR) is 78.2 cm³/mol. The molecule has 5 nitrogen and oxygen atoms in total. The first-order chi connectivity index (χ1) is 9.43. The van der Waals surface area contributed by atoms with Gasteiger partial charge in [0.05, 0.1) is 11.6 Å². The van der Waals surface area contributed by atoms with Gasteiger partial charge in [-0.15, -0.1) is 11.3 Å². The maximum Gasteiger partial charge on any atom is 0.246 e. The highest BCUT2D eigenvalue weighted by molar-refractivity contribution is 7.11. The molecule has 0 radical (unpaired) electrons. The Hall–Kier alpha value is -1.43. The second kappa shape index (κ2) is 5.91. The maximum absolute atomic E-state index is 12.5. The van der Waals surface area contributed by atoms with Gasteiger partial charge in [-0.25, -0.2) is 4.98 Å². The van der Waals surface area contributed by atoms with Crippen LogP contribution in [0.3, 0.4) is 0 Å². The Morgan fingerprint density at radius 2 is 2.15 bits per heavy atom. The summed E-state index contributed by atoms with van der Waals surface area (Å²) in [6, 6.07) is -0.792. The van der Waals surface area contributed by atoms with Crippen LogP contribution in [-0.2, 0) is 16.1 Å². The van der Waals surface area contributed by atoms with Gasteiger partial charge in [0.25, 0.3) is 0 Å². The summed E-state index contributed by atoms with van der Waals surface area (Å²) in [5, 5.41) is 3.80. The molecule has 2 rings (SSSR count). The van der Waals surface area contributed by atoms with Gasteiger partial charge in [-0.05, 0) is 19.3 Å². The number of hydrogen-bond acceptors (Lipinski definition) is 4. The van der Waals surface area contributed by atoms with Crippen LogP contribution in [0.1, 0.15) is 37.1 Å². The van der Waals surface area contributed by atoms with Gasteiger partial charge in [-0.2, -0.15) is 0 Å². The van der Waals surface area contributed by atoms with Gasteiger partial charge in [0.2, 0.25) is 11.8 Å². The van der Waals surface area contributed by atoms with Gasteiger partial charge >= 0.3 is 0 Å². The second-order valence-corrected chi connectivity index (χ2v) is 6.79. The normalized spacial score (nSPS) is 23.4. The number of aryl methyl sites for hydroxylation is 1. The highest BCUT2D eigenvalue weighted by atomic mass is 32.1. The molecule has 0 aromatic carbocycles. The van der Waals surface area contributed by atoms with E-state index in [1.54, 1.807) is 22.4 Å². The van der Waals surface area contributed by atoms with E-state index in [-0.39, 0.29) is 17.7 Å². The summed E-state index contributed by atoms with van der Waals surface area (Å²) in [4.78, 5) is 31.7. The monoisotopic (exact) mass is 295 g/mol. The summed E-state index contributed by atoms with van der Waals surface area (Å²) in [6.07, 6.45) is 2.41. The van der Waals surface area contributed by atoms with Crippen molar-refractivity contribution in [2.45, 2.75) is 52.7 Å².